The summed E-state index contributed by atoms with van der Waals surface area (Å²) in [6.45, 7) is 11.5. The topological polar surface area (TPSA) is 12.0 Å². The highest BCUT2D eigenvalue weighted by Crippen LogP contribution is 2.19. The van der Waals surface area contributed by atoms with Crippen LogP contribution in [0.2, 0.25) is 0 Å². The van der Waals surface area contributed by atoms with Crippen LogP contribution in [0.4, 0.5) is 8.78 Å². The van der Waals surface area contributed by atoms with Crippen LogP contribution in [-0.2, 0) is 6.42 Å². The maximum Gasteiger partial charge on any atom is 0.126 e. The van der Waals surface area contributed by atoms with Gasteiger partial charge in [-0.2, -0.15) is 0 Å². The quantitative estimate of drug-likeness (QED) is 0.846. The number of benzene rings is 1. The summed E-state index contributed by atoms with van der Waals surface area (Å²) >= 11 is 0. The number of rotatable bonds is 5. The zero-order chi connectivity index (χ0) is 14.6. The number of nitrogens with one attached hydrogen (secondary N) is 1. The Kier molecular flexibility index (Phi) is 5.48. The Bertz CT molecular complexity index is 387. The molecule has 0 amide bonds. The highest BCUT2D eigenvalue weighted by atomic mass is 19.1. The summed E-state index contributed by atoms with van der Waals surface area (Å²) in [5.74, 6) is -0.177. The average Bonchev–Trinajstić information content (AvgIpc) is 2.20. The fourth-order valence-corrected chi connectivity index (χ4v) is 2.01. The van der Waals surface area contributed by atoms with E-state index in [4.69, 9.17) is 0 Å². The van der Waals surface area contributed by atoms with E-state index in [1.54, 1.807) is 0 Å². The fraction of sp³-hybridized carbons (Fsp3) is 0.625. The molecule has 0 aliphatic rings. The lowest BCUT2D eigenvalue weighted by atomic mass is 9.88. The van der Waals surface area contributed by atoms with Crippen LogP contribution < -0.4 is 5.32 Å². The minimum absolute atomic E-state index is 0.0559. The zero-order valence-electron chi connectivity index (χ0n) is 12.6. The molecule has 0 aliphatic carbocycles. The van der Waals surface area contributed by atoms with Crippen LogP contribution in [0.1, 0.15) is 40.2 Å². The summed E-state index contributed by atoms with van der Waals surface area (Å²) in [6, 6.07) is 3.77. The van der Waals surface area contributed by atoms with E-state index >= 15 is 0 Å². The van der Waals surface area contributed by atoms with Crippen molar-refractivity contribution in [3.8, 4) is 0 Å². The van der Waals surface area contributed by atoms with Gasteiger partial charge in [0, 0.05) is 11.6 Å². The van der Waals surface area contributed by atoms with Crippen LogP contribution in [0, 0.1) is 23.5 Å². The number of hydrogen-bond donors (Lipinski definition) is 1. The van der Waals surface area contributed by atoms with Gasteiger partial charge < -0.3 is 5.32 Å². The van der Waals surface area contributed by atoms with E-state index in [0.717, 1.165) is 18.2 Å². The second-order valence-corrected chi connectivity index (χ2v) is 6.62. The van der Waals surface area contributed by atoms with E-state index in [2.05, 4.69) is 39.9 Å². The van der Waals surface area contributed by atoms with Crippen molar-refractivity contribution in [2.24, 2.45) is 11.8 Å². The predicted octanol–water partition coefficient (Wildman–Crippen LogP) is 4.17. The van der Waals surface area contributed by atoms with Gasteiger partial charge >= 0.3 is 0 Å². The molecule has 1 unspecified atom stereocenters. The first-order chi connectivity index (χ1) is 8.67. The first-order valence-corrected chi connectivity index (χ1v) is 6.87. The van der Waals surface area contributed by atoms with Gasteiger partial charge in [-0.15, -0.1) is 0 Å². The van der Waals surface area contributed by atoms with Crippen molar-refractivity contribution in [3.63, 3.8) is 0 Å². The second kappa shape index (κ2) is 6.47. The normalized spacial score (nSPS) is 13.9. The molecule has 0 fully saturated rings. The number of hydrogen-bond acceptors (Lipinski definition) is 1. The van der Waals surface area contributed by atoms with Crippen molar-refractivity contribution in [2.45, 2.75) is 46.6 Å². The Morgan fingerprint density at radius 1 is 1.05 bits per heavy atom. The largest absolute Gasteiger partial charge is 0.312 e. The molecule has 108 valence electrons. The first kappa shape index (κ1) is 16.1. The van der Waals surface area contributed by atoms with Crippen molar-refractivity contribution in [3.05, 3.63) is 35.4 Å². The van der Waals surface area contributed by atoms with Crippen molar-refractivity contribution >= 4 is 0 Å². The Labute approximate surface area is 115 Å². The Morgan fingerprint density at radius 3 is 2.00 bits per heavy atom. The monoisotopic (exact) mass is 269 g/mol. The molecule has 1 rings (SSSR count). The summed E-state index contributed by atoms with van der Waals surface area (Å²) < 4.78 is 26.4. The van der Waals surface area contributed by atoms with Gasteiger partial charge in [-0.3, -0.25) is 0 Å². The molecular formula is C16H25F2N. The maximum atomic E-state index is 13.2. The number of halogens is 2. The summed E-state index contributed by atoms with van der Waals surface area (Å²) in [5.41, 5.74) is 0.785. The van der Waals surface area contributed by atoms with Crippen molar-refractivity contribution in [1.82, 2.24) is 5.32 Å². The van der Waals surface area contributed by atoms with Gasteiger partial charge in [0.2, 0.25) is 0 Å². The molecule has 1 N–H and O–H groups in total. The standard InChI is InChI=1S/C16H25F2N/c1-11(2)13(10-19-16(3,4)5)6-12-7-14(17)9-15(18)8-12/h7-9,11,13,19H,6,10H2,1-5H3. The molecule has 0 aliphatic heterocycles. The van der Waals surface area contributed by atoms with Gasteiger partial charge in [0.15, 0.2) is 0 Å². The lowest BCUT2D eigenvalue weighted by Gasteiger charge is -2.27. The van der Waals surface area contributed by atoms with Crippen LogP contribution in [0.3, 0.4) is 0 Å². The molecule has 1 aromatic carbocycles. The molecule has 0 aromatic heterocycles. The minimum Gasteiger partial charge on any atom is -0.312 e. The van der Waals surface area contributed by atoms with Crippen molar-refractivity contribution in [2.75, 3.05) is 6.54 Å². The predicted molar refractivity (Wildman–Crippen MR) is 76.1 cm³/mol. The van der Waals surface area contributed by atoms with E-state index < -0.39 is 11.6 Å². The lowest BCUT2D eigenvalue weighted by molar-refractivity contribution is 0.312. The van der Waals surface area contributed by atoms with E-state index in [-0.39, 0.29) is 5.54 Å². The van der Waals surface area contributed by atoms with E-state index in [0.29, 0.717) is 18.3 Å². The first-order valence-electron chi connectivity index (χ1n) is 6.87. The van der Waals surface area contributed by atoms with Crippen LogP contribution in [-0.4, -0.2) is 12.1 Å². The molecule has 0 heterocycles. The fourth-order valence-electron chi connectivity index (χ4n) is 2.01. The zero-order valence-corrected chi connectivity index (χ0v) is 12.6. The Balaban J connectivity index is 2.72. The van der Waals surface area contributed by atoms with Crippen molar-refractivity contribution < 1.29 is 8.78 Å². The molecule has 1 nitrogen and oxygen atoms in total. The van der Waals surface area contributed by atoms with E-state index in [9.17, 15) is 8.78 Å². The molecule has 0 saturated heterocycles. The summed E-state index contributed by atoms with van der Waals surface area (Å²) in [7, 11) is 0. The molecule has 19 heavy (non-hydrogen) atoms. The molecular weight excluding hydrogens is 244 g/mol. The summed E-state index contributed by atoms with van der Waals surface area (Å²) in [6.07, 6.45) is 0.690. The third-order valence-corrected chi connectivity index (χ3v) is 3.26. The van der Waals surface area contributed by atoms with Gasteiger partial charge in [0.05, 0.1) is 0 Å². The Morgan fingerprint density at radius 2 is 1.58 bits per heavy atom. The molecule has 0 saturated carbocycles. The van der Waals surface area contributed by atoms with Crippen LogP contribution in [0.15, 0.2) is 18.2 Å². The molecule has 0 spiro atoms. The van der Waals surface area contributed by atoms with Crippen LogP contribution in [0.25, 0.3) is 0 Å². The van der Waals surface area contributed by atoms with E-state index in [1.807, 2.05) is 0 Å². The maximum absolute atomic E-state index is 13.2. The van der Waals surface area contributed by atoms with Gasteiger partial charge in [0.25, 0.3) is 0 Å². The van der Waals surface area contributed by atoms with Crippen LogP contribution in [0.5, 0.6) is 0 Å². The molecule has 0 radical (unpaired) electrons. The molecule has 3 heteroatoms. The van der Waals surface area contributed by atoms with Gasteiger partial charge in [-0.1, -0.05) is 13.8 Å². The molecule has 0 bridgehead atoms. The summed E-state index contributed by atoms with van der Waals surface area (Å²) in [4.78, 5) is 0. The minimum atomic E-state index is -0.499. The third kappa shape index (κ3) is 6.15. The van der Waals surface area contributed by atoms with Crippen LogP contribution >= 0.6 is 0 Å². The van der Waals surface area contributed by atoms with Gasteiger partial charge in [0.1, 0.15) is 11.6 Å². The average molecular weight is 269 g/mol. The highest BCUT2D eigenvalue weighted by Gasteiger charge is 2.18. The Hall–Kier alpha value is -0.960. The highest BCUT2D eigenvalue weighted by molar-refractivity contribution is 5.18. The third-order valence-electron chi connectivity index (χ3n) is 3.26. The lowest BCUT2D eigenvalue weighted by Crippen LogP contribution is -2.40. The SMILES string of the molecule is CC(C)C(CNC(C)(C)C)Cc1cc(F)cc(F)c1. The van der Waals surface area contributed by atoms with Gasteiger partial charge in [-0.25, -0.2) is 8.78 Å². The smallest absolute Gasteiger partial charge is 0.126 e. The van der Waals surface area contributed by atoms with Crippen molar-refractivity contribution in [1.29, 1.82) is 0 Å². The molecule has 1 aromatic rings. The summed E-state index contributed by atoms with van der Waals surface area (Å²) in [5, 5.41) is 3.47. The second-order valence-electron chi connectivity index (χ2n) is 6.62. The molecule has 1 atom stereocenters. The van der Waals surface area contributed by atoms with E-state index in [1.165, 1.54) is 12.1 Å². The van der Waals surface area contributed by atoms with Gasteiger partial charge in [-0.05, 0) is 63.3 Å².